The van der Waals surface area contributed by atoms with Crippen molar-refractivity contribution in [3.05, 3.63) is 57.1 Å². The normalized spacial score (nSPS) is 12.6. The molecule has 2 aromatic rings. The van der Waals surface area contributed by atoms with Crippen LogP contribution in [-0.2, 0) is 10.0 Å². The quantitative estimate of drug-likeness (QED) is 0.382. The molecule has 0 aliphatic heterocycles. The number of rotatable bonds is 7. The molecular formula is C15H16BrN3O4S2. The third-order valence-corrected chi connectivity index (χ3v) is 5.71. The number of halogens is 1. The van der Waals surface area contributed by atoms with Gasteiger partial charge in [0.1, 0.15) is 0 Å². The molecule has 25 heavy (non-hydrogen) atoms. The number of anilines is 1. The number of hydrogen-bond acceptors (Lipinski definition) is 6. The zero-order chi connectivity index (χ0) is 18.6. The number of nitrogens with zero attached hydrogens (tertiary/aromatic N) is 1. The number of non-ortho nitro benzene ring substituents is 1. The van der Waals surface area contributed by atoms with Gasteiger partial charge < -0.3 is 5.32 Å². The number of nitro benzene ring substituents is 1. The molecule has 0 radical (unpaired) electrons. The van der Waals surface area contributed by atoms with E-state index in [1.807, 2.05) is 31.2 Å². The second kappa shape index (κ2) is 8.17. The highest BCUT2D eigenvalue weighted by Crippen LogP contribution is 2.27. The van der Waals surface area contributed by atoms with E-state index >= 15 is 0 Å². The Bertz CT molecular complexity index is 873. The van der Waals surface area contributed by atoms with Crippen LogP contribution >= 0.6 is 27.7 Å². The molecule has 3 N–H and O–H groups in total. The third kappa shape index (κ3) is 5.99. The molecule has 0 aliphatic rings. The highest BCUT2D eigenvalue weighted by Gasteiger charge is 2.16. The Hall–Kier alpha value is -1.62. The zero-order valence-corrected chi connectivity index (χ0v) is 16.4. The van der Waals surface area contributed by atoms with Crippen molar-refractivity contribution in [2.45, 2.75) is 22.0 Å². The van der Waals surface area contributed by atoms with Crippen molar-refractivity contribution in [1.29, 1.82) is 0 Å². The lowest BCUT2D eigenvalue weighted by molar-refractivity contribution is -0.385. The summed E-state index contributed by atoms with van der Waals surface area (Å²) in [5.74, 6) is 0. The summed E-state index contributed by atoms with van der Waals surface area (Å²) >= 11 is 5.01. The van der Waals surface area contributed by atoms with Crippen molar-refractivity contribution in [2.24, 2.45) is 5.14 Å². The predicted octanol–water partition coefficient (Wildman–Crippen LogP) is 3.60. The van der Waals surface area contributed by atoms with Gasteiger partial charge in [-0.05, 0) is 30.3 Å². The summed E-state index contributed by atoms with van der Waals surface area (Å²) in [5.41, 5.74) is 0.00345. The van der Waals surface area contributed by atoms with E-state index in [2.05, 4.69) is 21.2 Å². The molecule has 0 spiro atoms. The van der Waals surface area contributed by atoms with E-state index < -0.39 is 14.9 Å². The summed E-state index contributed by atoms with van der Waals surface area (Å²) in [5, 5.41) is 19.2. The molecule has 0 fully saturated rings. The summed E-state index contributed by atoms with van der Waals surface area (Å²) in [4.78, 5) is 11.1. The molecular weight excluding hydrogens is 430 g/mol. The summed E-state index contributed by atoms with van der Waals surface area (Å²) in [6.07, 6.45) is 0. The van der Waals surface area contributed by atoms with Gasteiger partial charge in [0.25, 0.3) is 5.69 Å². The van der Waals surface area contributed by atoms with Crippen LogP contribution in [0.15, 0.2) is 56.7 Å². The van der Waals surface area contributed by atoms with Gasteiger partial charge in [-0.3, -0.25) is 10.1 Å². The maximum Gasteiger partial charge on any atom is 0.272 e. The molecule has 134 valence electrons. The molecule has 0 saturated carbocycles. The van der Waals surface area contributed by atoms with E-state index in [-0.39, 0.29) is 15.8 Å². The number of thioether (sulfide) groups is 1. The molecule has 0 amide bonds. The van der Waals surface area contributed by atoms with Crippen molar-refractivity contribution < 1.29 is 13.3 Å². The molecule has 2 rings (SSSR count). The standard InChI is InChI=1S/C15H16BrN3O4S2/c1-10(24-14-4-2-11(16)3-5-14)9-18-12-6-13(19(20)21)8-15(7-12)25(17,22)23/h2-8,10,18H,9H2,1H3,(H2,17,22,23). The van der Waals surface area contributed by atoms with Crippen LogP contribution in [0.4, 0.5) is 11.4 Å². The fourth-order valence-corrected chi connectivity index (χ4v) is 3.77. The first-order valence-corrected chi connectivity index (χ1v) is 10.4. The summed E-state index contributed by atoms with van der Waals surface area (Å²) in [7, 11) is -4.03. The summed E-state index contributed by atoms with van der Waals surface area (Å²) < 4.78 is 24.0. The van der Waals surface area contributed by atoms with Crippen molar-refractivity contribution >= 4 is 49.1 Å². The minimum absolute atomic E-state index is 0.151. The van der Waals surface area contributed by atoms with E-state index in [9.17, 15) is 18.5 Å². The number of hydrogen-bond donors (Lipinski definition) is 2. The number of primary sulfonamides is 1. The van der Waals surface area contributed by atoms with E-state index in [0.29, 0.717) is 12.2 Å². The third-order valence-electron chi connectivity index (χ3n) is 3.18. The van der Waals surface area contributed by atoms with Crippen LogP contribution in [0, 0.1) is 10.1 Å². The van der Waals surface area contributed by atoms with Gasteiger partial charge in [-0.15, -0.1) is 11.8 Å². The molecule has 0 heterocycles. The van der Waals surface area contributed by atoms with E-state index in [0.717, 1.165) is 15.4 Å². The Morgan fingerprint density at radius 1 is 1.28 bits per heavy atom. The Morgan fingerprint density at radius 2 is 1.92 bits per heavy atom. The van der Waals surface area contributed by atoms with Crippen molar-refractivity contribution in [2.75, 3.05) is 11.9 Å². The van der Waals surface area contributed by atoms with Gasteiger partial charge in [0.15, 0.2) is 0 Å². The molecule has 7 nitrogen and oxygen atoms in total. The SMILES string of the molecule is CC(CNc1cc([N+](=O)[O-])cc(S(N)(=O)=O)c1)Sc1ccc(Br)cc1. The number of nitrogens with two attached hydrogens (primary N) is 1. The average molecular weight is 446 g/mol. The van der Waals surface area contributed by atoms with E-state index in [4.69, 9.17) is 5.14 Å². The number of nitro groups is 1. The minimum Gasteiger partial charge on any atom is -0.384 e. The van der Waals surface area contributed by atoms with Crippen LogP contribution in [0.2, 0.25) is 0 Å². The second-order valence-electron chi connectivity index (χ2n) is 5.28. The van der Waals surface area contributed by atoms with Crippen LogP contribution in [0.25, 0.3) is 0 Å². The van der Waals surface area contributed by atoms with E-state index in [1.54, 1.807) is 11.8 Å². The highest BCUT2D eigenvalue weighted by molar-refractivity contribution is 9.10. The number of benzene rings is 2. The lowest BCUT2D eigenvalue weighted by atomic mass is 10.2. The van der Waals surface area contributed by atoms with Crippen LogP contribution in [0.1, 0.15) is 6.92 Å². The Kier molecular flexibility index (Phi) is 6.44. The monoisotopic (exact) mass is 445 g/mol. The summed E-state index contributed by atoms with van der Waals surface area (Å²) in [6, 6.07) is 11.4. The van der Waals surface area contributed by atoms with Gasteiger partial charge in [-0.25, -0.2) is 13.6 Å². The van der Waals surface area contributed by atoms with E-state index in [1.165, 1.54) is 12.1 Å². The largest absolute Gasteiger partial charge is 0.384 e. The molecule has 0 saturated heterocycles. The second-order valence-corrected chi connectivity index (χ2v) is 9.27. The first-order valence-electron chi connectivity index (χ1n) is 7.13. The van der Waals surface area contributed by atoms with Gasteiger partial charge in [-0.2, -0.15) is 0 Å². The maximum absolute atomic E-state index is 11.5. The Balaban J connectivity index is 2.10. The molecule has 1 unspecified atom stereocenters. The van der Waals surface area contributed by atoms with Gasteiger partial charge in [-0.1, -0.05) is 22.9 Å². The maximum atomic E-state index is 11.5. The molecule has 0 aliphatic carbocycles. The molecule has 2 aromatic carbocycles. The first kappa shape index (κ1) is 19.7. The lowest BCUT2D eigenvalue weighted by Gasteiger charge is -2.14. The van der Waals surface area contributed by atoms with Crippen LogP contribution in [0.3, 0.4) is 0 Å². The Labute approximate surface area is 158 Å². The molecule has 10 heteroatoms. The van der Waals surface area contributed by atoms with Crippen LogP contribution in [-0.4, -0.2) is 25.1 Å². The van der Waals surface area contributed by atoms with Gasteiger partial charge in [0.2, 0.25) is 10.0 Å². The zero-order valence-electron chi connectivity index (χ0n) is 13.2. The van der Waals surface area contributed by atoms with Gasteiger partial charge in [0, 0.05) is 39.0 Å². The number of nitrogens with one attached hydrogen (secondary N) is 1. The van der Waals surface area contributed by atoms with Crippen molar-refractivity contribution in [3.63, 3.8) is 0 Å². The fraction of sp³-hybridized carbons (Fsp3) is 0.200. The fourth-order valence-electron chi connectivity index (χ4n) is 2.00. The highest BCUT2D eigenvalue weighted by atomic mass is 79.9. The predicted molar refractivity (Wildman–Crippen MR) is 102 cm³/mol. The topological polar surface area (TPSA) is 115 Å². The summed E-state index contributed by atoms with van der Waals surface area (Å²) in [6.45, 7) is 2.49. The van der Waals surface area contributed by atoms with Gasteiger partial charge >= 0.3 is 0 Å². The molecule has 1 atom stereocenters. The smallest absolute Gasteiger partial charge is 0.272 e. The minimum atomic E-state index is -4.03. The van der Waals surface area contributed by atoms with Crippen LogP contribution in [0.5, 0.6) is 0 Å². The van der Waals surface area contributed by atoms with Crippen molar-refractivity contribution in [3.8, 4) is 0 Å². The van der Waals surface area contributed by atoms with Gasteiger partial charge in [0.05, 0.1) is 9.82 Å². The molecule has 0 bridgehead atoms. The Morgan fingerprint density at radius 3 is 2.48 bits per heavy atom. The van der Waals surface area contributed by atoms with Crippen LogP contribution < -0.4 is 10.5 Å². The van der Waals surface area contributed by atoms with Crippen molar-refractivity contribution in [1.82, 2.24) is 0 Å². The number of sulfonamides is 1. The average Bonchev–Trinajstić information content (AvgIpc) is 2.54. The lowest BCUT2D eigenvalue weighted by Crippen LogP contribution is -2.15. The first-order chi connectivity index (χ1) is 11.6. The molecule has 0 aromatic heterocycles.